The van der Waals surface area contributed by atoms with Crippen molar-refractivity contribution in [2.24, 2.45) is 0 Å². The summed E-state index contributed by atoms with van der Waals surface area (Å²) in [5.41, 5.74) is 0.964. The van der Waals surface area contributed by atoms with Gasteiger partial charge in [-0.1, -0.05) is 89.0 Å². The molecule has 1 aromatic carbocycles. The second-order valence-corrected chi connectivity index (χ2v) is 7.18. The van der Waals surface area contributed by atoms with E-state index in [9.17, 15) is 4.79 Å². The number of hydrogen-bond donors (Lipinski definition) is 0. The first-order valence-electron chi connectivity index (χ1n) is 10.9. The highest BCUT2D eigenvalue weighted by atomic mass is 16.5. The van der Waals surface area contributed by atoms with Gasteiger partial charge >= 0.3 is 5.97 Å². The topological polar surface area (TPSA) is 44.8 Å². The fourth-order valence-electron chi connectivity index (χ4n) is 3.07. The Kier molecular flexibility index (Phi) is 14.3. The minimum absolute atomic E-state index is 0.294. The van der Waals surface area contributed by atoms with Crippen molar-refractivity contribution >= 4 is 12.0 Å². The van der Waals surface area contributed by atoms with Crippen LogP contribution in [0, 0.1) is 0 Å². The number of ether oxygens (including phenoxy) is 3. The third-order valence-electron chi connectivity index (χ3n) is 4.78. The van der Waals surface area contributed by atoms with Crippen LogP contribution in [0.2, 0.25) is 0 Å². The molecule has 0 aromatic heterocycles. The maximum Gasteiger partial charge on any atom is 0.330 e. The first-order chi connectivity index (χ1) is 14.2. The van der Waals surface area contributed by atoms with Gasteiger partial charge in [-0.15, -0.1) is 0 Å². The molecule has 0 radical (unpaired) electrons. The number of carbonyl (C=O) groups is 1. The SMILES string of the molecule is CCCCCCCCCCCCOC(=O)/C=C/C=C/c1ccc(OC)c(OC)c1. The summed E-state index contributed by atoms with van der Waals surface area (Å²) in [5.74, 6) is 1.07. The lowest BCUT2D eigenvalue weighted by Gasteiger charge is -2.07. The average molecular weight is 403 g/mol. The van der Waals surface area contributed by atoms with Crippen LogP contribution in [-0.2, 0) is 9.53 Å². The van der Waals surface area contributed by atoms with Crippen LogP contribution in [0.25, 0.3) is 6.08 Å². The smallest absolute Gasteiger partial charge is 0.330 e. The second-order valence-electron chi connectivity index (χ2n) is 7.18. The number of hydrogen-bond acceptors (Lipinski definition) is 4. The molecule has 0 saturated carbocycles. The fourth-order valence-corrected chi connectivity index (χ4v) is 3.07. The van der Waals surface area contributed by atoms with Crippen molar-refractivity contribution in [1.82, 2.24) is 0 Å². The average Bonchev–Trinajstić information content (AvgIpc) is 2.74. The molecule has 4 heteroatoms. The van der Waals surface area contributed by atoms with Crippen molar-refractivity contribution in [3.8, 4) is 11.5 Å². The number of rotatable bonds is 16. The Morgan fingerprint density at radius 1 is 0.828 bits per heavy atom. The van der Waals surface area contributed by atoms with E-state index in [0.717, 1.165) is 18.4 Å². The molecule has 29 heavy (non-hydrogen) atoms. The molecule has 0 aliphatic heterocycles. The Morgan fingerprint density at radius 2 is 1.45 bits per heavy atom. The Bertz CT molecular complexity index is 619. The molecule has 0 N–H and O–H groups in total. The van der Waals surface area contributed by atoms with Gasteiger partial charge in [0.25, 0.3) is 0 Å². The summed E-state index contributed by atoms with van der Waals surface area (Å²) in [5, 5.41) is 0. The van der Waals surface area contributed by atoms with Crippen LogP contribution in [0.5, 0.6) is 11.5 Å². The van der Waals surface area contributed by atoms with Crippen LogP contribution in [0.15, 0.2) is 36.4 Å². The zero-order valence-corrected chi connectivity index (χ0v) is 18.5. The van der Waals surface area contributed by atoms with E-state index < -0.39 is 0 Å². The maximum absolute atomic E-state index is 11.7. The summed E-state index contributed by atoms with van der Waals surface area (Å²) in [4.78, 5) is 11.7. The lowest BCUT2D eigenvalue weighted by Crippen LogP contribution is -2.02. The van der Waals surface area contributed by atoms with E-state index in [1.807, 2.05) is 30.4 Å². The Labute approximate surface area is 176 Å². The molecule has 162 valence electrons. The van der Waals surface area contributed by atoms with Crippen molar-refractivity contribution in [2.45, 2.75) is 71.1 Å². The van der Waals surface area contributed by atoms with Gasteiger partial charge in [0.1, 0.15) is 0 Å². The van der Waals surface area contributed by atoms with Crippen LogP contribution < -0.4 is 9.47 Å². The van der Waals surface area contributed by atoms with Crippen molar-refractivity contribution in [2.75, 3.05) is 20.8 Å². The highest BCUT2D eigenvalue weighted by molar-refractivity contribution is 5.82. The summed E-state index contributed by atoms with van der Waals surface area (Å²) in [7, 11) is 3.22. The van der Waals surface area contributed by atoms with Crippen LogP contribution in [0.4, 0.5) is 0 Å². The third-order valence-corrected chi connectivity index (χ3v) is 4.78. The molecule has 0 aliphatic carbocycles. The Balaban J connectivity index is 2.11. The molecule has 0 bridgehead atoms. The van der Waals surface area contributed by atoms with E-state index in [1.165, 1.54) is 57.4 Å². The van der Waals surface area contributed by atoms with Gasteiger partial charge in [0.2, 0.25) is 0 Å². The quantitative estimate of drug-likeness (QED) is 0.133. The van der Waals surface area contributed by atoms with Crippen LogP contribution in [0.1, 0.15) is 76.7 Å². The van der Waals surface area contributed by atoms with Gasteiger partial charge in [0.05, 0.1) is 20.8 Å². The molecule has 1 rings (SSSR count). The monoisotopic (exact) mass is 402 g/mol. The molecule has 0 amide bonds. The second kappa shape index (κ2) is 16.7. The maximum atomic E-state index is 11.7. The number of methoxy groups -OCH3 is 2. The first kappa shape index (κ1) is 24.8. The molecule has 0 heterocycles. The van der Waals surface area contributed by atoms with Gasteiger partial charge in [-0.3, -0.25) is 0 Å². The minimum Gasteiger partial charge on any atom is -0.493 e. The summed E-state index contributed by atoms with van der Waals surface area (Å²) < 4.78 is 15.7. The molecule has 0 atom stereocenters. The third kappa shape index (κ3) is 12.0. The fraction of sp³-hybridized carbons (Fsp3) is 0.560. The Morgan fingerprint density at radius 3 is 2.07 bits per heavy atom. The van der Waals surface area contributed by atoms with E-state index in [-0.39, 0.29) is 5.97 Å². The predicted molar refractivity (Wildman–Crippen MR) is 121 cm³/mol. The van der Waals surface area contributed by atoms with E-state index in [2.05, 4.69) is 6.92 Å². The van der Waals surface area contributed by atoms with E-state index in [4.69, 9.17) is 14.2 Å². The van der Waals surface area contributed by atoms with Crippen LogP contribution in [-0.4, -0.2) is 26.8 Å². The summed E-state index contributed by atoms with van der Waals surface area (Å²) in [6.07, 6.45) is 19.6. The number of benzene rings is 1. The van der Waals surface area contributed by atoms with Gasteiger partial charge in [-0.05, 0) is 24.1 Å². The Hall–Kier alpha value is -2.23. The van der Waals surface area contributed by atoms with Gasteiger partial charge in [0, 0.05) is 6.08 Å². The van der Waals surface area contributed by atoms with Gasteiger partial charge in [-0.25, -0.2) is 4.79 Å². The van der Waals surface area contributed by atoms with Crippen LogP contribution in [0.3, 0.4) is 0 Å². The van der Waals surface area contributed by atoms with Crippen molar-refractivity contribution in [1.29, 1.82) is 0 Å². The van der Waals surface area contributed by atoms with E-state index >= 15 is 0 Å². The van der Waals surface area contributed by atoms with Crippen molar-refractivity contribution < 1.29 is 19.0 Å². The number of carbonyl (C=O) groups excluding carboxylic acids is 1. The highest BCUT2D eigenvalue weighted by Gasteiger charge is 2.02. The molecule has 0 unspecified atom stereocenters. The van der Waals surface area contributed by atoms with Crippen molar-refractivity contribution in [3.63, 3.8) is 0 Å². The molecular formula is C25H38O4. The largest absolute Gasteiger partial charge is 0.493 e. The predicted octanol–water partition coefficient (Wildman–Crippen LogP) is 6.74. The van der Waals surface area contributed by atoms with Crippen molar-refractivity contribution in [3.05, 3.63) is 42.0 Å². The highest BCUT2D eigenvalue weighted by Crippen LogP contribution is 2.27. The molecular weight excluding hydrogens is 364 g/mol. The zero-order valence-electron chi connectivity index (χ0n) is 18.5. The summed E-state index contributed by atoms with van der Waals surface area (Å²) in [6.45, 7) is 2.75. The molecule has 0 fully saturated rings. The molecule has 0 aliphatic rings. The minimum atomic E-state index is -0.294. The number of unbranched alkanes of at least 4 members (excludes halogenated alkanes) is 9. The lowest BCUT2D eigenvalue weighted by atomic mass is 10.1. The standard InChI is InChI=1S/C25H38O4/c1-4-5-6-7-8-9-10-11-12-15-20-29-25(26)17-14-13-16-22-18-19-23(27-2)24(21-22)28-3/h13-14,16-19,21H,4-12,15,20H2,1-3H3/b16-13+,17-14+. The molecule has 1 aromatic rings. The van der Waals surface area contributed by atoms with E-state index in [1.54, 1.807) is 20.3 Å². The van der Waals surface area contributed by atoms with Gasteiger partial charge in [0.15, 0.2) is 11.5 Å². The summed E-state index contributed by atoms with van der Waals surface area (Å²) >= 11 is 0. The first-order valence-corrected chi connectivity index (χ1v) is 10.9. The molecule has 0 spiro atoms. The van der Waals surface area contributed by atoms with Crippen LogP contribution >= 0.6 is 0 Å². The number of esters is 1. The lowest BCUT2D eigenvalue weighted by molar-refractivity contribution is -0.137. The zero-order chi connectivity index (χ0) is 21.2. The van der Waals surface area contributed by atoms with E-state index in [0.29, 0.717) is 18.1 Å². The molecule has 4 nitrogen and oxygen atoms in total. The molecule has 0 saturated heterocycles. The summed E-state index contributed by atoms with van der Waals surface area (Å²) in [6, 6.07) is 5.66. The van der Waals surface area contributed by atoms with Gasteiger partial charge in [-0.2, -0.15) is 0 Å². The normalized spacial score (nSPS) is 11.3. The van der Waals surface area contributed by atoms with Gasteiger partial charge < -0.3 is 14.2 Å². The number of allylic oxidation sites excluding steroid dienone is 2.